The van der Waals surface area contributed by atoms with Gasteiger partial charge in [-0.05, 0) is 49.6 Å². The highest BCUT2D eigenvalue weighted by molar-refractivity contribution is 7.98. The minimum absolute atomic E-state index is 0.307. The van der Waals surface area contributed by atoms with Crippen molar-refractivity contribution >= 4 is 11.8 Å². The number of ether oxygens (including phenoxy) is 1. The molecule has 0 bridgehead atoms. The van der Waals surface area contributed by atoms with Crippen molar-refractivity contribution in [1.29, 1.82) is 0 Å². The van der Waals surface area contributed by atoms with Gasteiger partial charge in [0.05, 0.1) is 7.11 Å². The molecule has 0 aliphatic carbocycles. The van der Waals surface area contributed by atoms with Gasteiger partial charge in [-0.25, -0.2) is 0 Å². The van der Waals surface area contributed by atoms with Crippen LogP contribution in [0.4, 0.5) is 0 Å². The number of hydrogen-bond donors (Lipinski definition) is 1. The number of aliphatic hydroxyl groups excluding tert-OH is 1. The molecule has 2 rings (SSSR count). The van der Waals surface area contributed by atoms with Gasteiger partial charge in [0.1, 0.15) is 5.75 Å². The lowest BCUT2D eigenvalue weighted by molar-refractivity contribution is 0.0771. The Balaban J connectivity index is 2.08. The first-order chi connectivity index (χ1) is 9.67. The van der Waals surface area contributed by atoms with Crippen molar-refractivity contribution in [2.75, 3.05) is 26.5 Å². The summed E-state index contributed by atoms with van der Waals surface area (Å²) in [6, 6.07) is 7.02. The number of aliphatic hydroxyl groups is 1. The van der Waals surface area contributed by atoms with E-state index in [1.54, 1.807) is 18.9 Å². The lowest BCUT2D eigenvalue weighted by Crippen LogP contribution is -2.42. The van der Waals surface area contributed by atoms with Crippen LogP contribution in [0.2, 0.25) is 0 Å². The first kappa shape index (κ1) is 15.7. The lowest BCUT2D eigenvalue weighted by atomic mass is 9.93. The number of methoxy groups -OCH3 is 1. The number of rotatable bonds is 5. The second-order valence-corrected chi connectivity index (χ2v) is 6.44. The van der Waals surface area contributed by atoms with Crippen LogP contribution in [0.5, 0.6) is 5.75 Å². The van der Waals surface area contributed by atoms with Gasteiger partial charge in [-0.2, -0.15) is 0 Å². The monoisotopic (exact) mass is 295 g/mol. The summed E-state index contributed by atoms with van der Waals surface area (Å²) in [4.78, 5) is 3.67. The fraction of sp³-hybridized carbons (Fsp3) is 0.625. The molecule has 1 aromatic rings. The van der Waals surface area contributed by atoms with Gasteiger partial charge in [0, 0.05) is 30.6 Å². The van der Waals surface area contributed by atoms with Gasteiger partial charge < -0.3 is 9.84 Å². The summed E-state index contributed by atoms with van der Waals surface area (Å²) in [5, 5.41) is 9.37. The van der Waals surface area contributed by atoms with Gasteiger partial charge in [-0.1, -0.05) is 6.07 Å². The van der Waals surface area contributed by atoms with Gasteiger partial charge in [0.2, 0.25) is 0 Å². The first-order valence-electron chi connectivity index (χ1n) is 7.23. The Kier molecular flexibility index (Phi) is 5.75. The molecule has 1 heterocycles. The van der Waals surface area contributed by atoms with E-state index >= 15 is 0 Å². The van der Waals surface area contributed by atoms with Crippen LogP contribution in [0, 0.1) is 5.92 Å². The zero-order valence-electron chi connectivity index (χ0n) is 12.6. The van der Waals surface area contributed by atoms with E-state index in [2.05, 4.69) is 36.3 Å². The molecule has 0 saturated carbocycles. The highest BCUT2D eigenvalue weighted by atomic mass is 32.2. The van der Waals surface area contributed by atoms with Crippen LogP contribution in [0.15, 0.2) is 23.1 Å². The summed E-state index contributed by atoms with van der Waals surface area (Å²) in [5.74, 6) is 1.38. The minimum Gasteiger partial charge on any atom is -0.496 e. The van der Waals surface area contributed by atoms with Crippen LogP contribution in [-0.4, -0.2) is 42.6 Å². The zero-order chi connectivity index (χ0) is 14.5. The van der Waals surface area contributed by atoms with E-state index < -0.39 is 0 Å². The standard InChI is InChI=1S/C16H25NO2S/c1-12-4-5-14(11-18)10-17(12)9-13-6-7-15(19-2)16(8-13)20-3/h6-8,12,14,18H,4-5,9-11H2,1-3H3. The van der Waals surface area contributed by atoms with Crippen molar-refractivity contribution in [3.05, 3.63) is 23.8 Å². The number of benzene rings is 1. The maximum Gasteiger partial charge on any atom is 0.132 e. The Morgan fingerprint density at radius 2 is 2.20 bits per heavy atom. The second-order valence-electron chi connectivity index (χ2n) is 5.59. The summed E-state index contributed by atoms with van der Waals surface area (Å²) < 4.78 is 5.37. The Labute approximate surface area is 126 Å². The summed E-state index contributed by atoms with van der Waals surface area (Å²) in [6.45, 7) is 4.54. The summed E-state index contributed by atoms with van der Waals surface area (Å²) in [5.41, 5.74) is 1.32. The van der Waals surface area contributed by atoms with Crippen LogP contribution < -0.4 is 4.74 Å². The number of hydrogen-bond acceptors (Lipinski definition) is 4. The highest BCUT2D eigenvalue weighted by Gasteiger charge is 2.25. The van der Waals surface area contributed by atoms with Crippen molar-refractivity contribution in [2.45, 2.75) is 37.2 Å². The first-order valence-corrected chi connectivity index (χ1v) is 8.46. The molecule has 112 valence electrons. The molecule has 1 saturated heterocycles. The van der Waals surface area contributed by atoms with Gasteiger partial charge in [0.25, 0.3) is 0 Å². The van der Waals surface area contributed by atoms with E-state index in [0.29, 0.717) is 18.6 Å². The molecule has 1 N–H and O–H groups in total. The highest BCUT2D eigenvalue weighted by Crippen LogP contribution is 2.30. The summed E-state index contributed by atoms with van der Waals surface area (Å²) in [7, 11) is 1.72. The number of thioether (sulfide) groups is 1. The molecule has 2 unspecified atom stereocenters. The zero-order valence-corrected chi connectivity index (χ0v) is 13.4. The molecule has 0 amide bonds. The third-order valence-corrected chi connectivity index (χ3v) is 4.96. The van der Waals surface area contributed by atoms with Gasteiger partial charge >= 0.3 is 0 Å². The Hall–Kier alpha value is -0.710. The van der Waals surface area contributed by atoms with Gasteiger partial charge in [-0.3, -0.25) is 4.90 Å². The summed E-state index contributed by atoms with van der Waals surface area (Å²) in [6.07, 6.45) is 4.40. The molecular weight excluding hydrogens is 270 g/mol. The van der Waals surface area contributed by atoms with Crippen molar-refractivity contribution in [2.24, 2.45) is 5.92 Å². The Bertz CT molecular complexity index is 438. The molecule has 3 nitrogen and oxygen atoms in total. The van der Waals surface area contributed by atoms with Gasteiger partial charge in [0.15, 0.2) is 0 Å². The average molecular weight is 295 g/mol. The van der Waals surface area contributed by atoms with E-state index in [9.17, 15) is 5.11 Å². The Morgan fingerprint density at radius 3 is 2.85 bits per heavy atom. The van der Waals surface area contributed by atoms with Crippen LogP contribution in [-0.2, 0) is 6.54 Å². The van der Waals surface area contributed by atoms with E-state index in [1.165, 1.54) is 16.9 Å². The van der Waals surface area contributed by atoms with Crippen molar-refractivity contribution in [1.82, 2.24) is 4.90 Å². The maximum atomic E-state index is 9.37. The molecular formula is C16H25NO2S. The number of nitrogens with zero attached hydrogens (tertiary/aromatic N) is 1. The minimum atomic E-state index is 0.307. The van der Waals surface area contributed by atoms with Crippen LogP contribution in [0.25, 0.3) is 0 Å². The molecule has 1 fully saturated rings. The molecule has 2 atom stereocenters. The molecule has 0 aromatic heterocycles. The largest absolute Gasteiger partial charge is 0.496 e. The Morgan fingerprint density at radius 1 is 1.40 bits per heavy atom. The van der Waals surface area contributed by atoms with E-state index in [4.69, 9.17) is 4.74 Å². The molecule has 1 aromatic carbocycles. The maximum absolute atomic E-state index is 9.37. The van der Waals surface area contributed by atoms with Crippen molar-refractivity contribution < 1.29 is 9.84 Å². The second kappa shape index (κ2) is 7.34. The smallest absolute Gasteiger partial charge is 0.132 e. The fourth-order valence-electron chi connectivity index (χ4n) is 2.85. The predicted octanol–water partition coefficient (Wildman–Crippen LogP) is 3.01. The normalized spacial score (nSPS) is 23.8. The molecule has 0 radical (unpaired) electrons. The van der Waals surface area contributed by atoms with Crippen LogP contribution in [0.3, 0.4) is 0 Å². The number of likely N-dealkylation sites (tertiary alicyclic amines) is 1. The van der Waals surface area contributed by atoms with Crippen molar-refractivity contribution in [3.8, 4) is 5.75 Å². The molecule has 1 aliphatic rings. The molecule has 20 heavy (non-hydrogen) atoms. The molecule has 1 aliphatic heterocycles. The third-order valence-electron chi connectivity index (χ3n) is 4.20. The quantitative estimate of drug-likeness (QED) is 0.847. The van der Waals surface area contributed by atoms with E-state index in [0.717, 1.165) is 25.3 Å². The third kappa shape index (κ3) is 3.68. The summed E-state index contributed by atoms with van der Waals surface area (Å²) >= 11 is 1.72. The molecule has 0 spiro atoms. The SMILES string of the molecule is COc1ccc(CN2CC(CO)CCC2C)cc1SC. The van der Waals surface area contributed by atoms with E-state index in [-0.39, 0.29) is 0 Å². The topological polar surface area (TPSA) is 32.7 Å². The van der Waals surface area contributed by atoms with Crippen LogP contribution in [0.1, 0.15) is 25.3 Å². The lowest BCUT2D eigenvalue weighted by Gasteiger charge is -2.37. The average Bonchev–Trinajstić information content (AvgIpc) is 2.49. The van der Waals surface area contributed by atoms with Crippen molar-refractivity contribution in [3.63, 3.8) is 0 Å². The number of piperidine rings is 1. The molecule has 4 heteroatoms. The predicted molar refractivity (Wildman–Crippen MR) is 84.5 cm³/mol. The fourth-order valence-corrected chi connectivity index (χ4v) is 3.47. The van der Waals surface area contributed by atoms with Gasteiger partial charge in [-0.15, -0.1) is 11.8 Å². The van der Waals surface area contributed by atoms with Crippen LogP contribution >= 0.6 is 11.8 Å². The van der Waals surface area contributed by atoms with E-state index in [1.807, 2.05) is 0 Å².